The zero-order chi connectivity index (χ0) is 10.0. The number of benzene rings is 1. The third-order valence-electron chi connectivity index (χ3n) is 1.63. The van der Waals surface area contributed by atoms with Gasteiger partial charge in [-0.2, -0.15) is 0 Å². The highest BCUT2D eigenvalue weighted by Crippen LogP contribution is 2.33. The van der Waals surface area contributed by atoms with E-state index in [0.29, 0.717) is 0 Å². The summed E-state index contributed by atoms with van der Waals surface area (Å²) in [5.74, 6) is -1.44. The molecule has 0 unspecified atom stereocenters. The van der Waals surface area contributed by atoms with Gasteiger partial charge in [-0.05, 0) is 12.1 Å². The van der Waals surface area contributed by atoms with Gasteiger partial charge >= 0.3 is 5.97 Å². The van der Waals surface area contributed by atoms with Crippen molar-refractivity contribution in [3.8, 4) is 11.5 Å². The highest BCUT2D eigenvalue weighted by atomic mass is 16.5. The summed E-state index contributed by atoms with van der Waals surface area (Å²) in [5, 5.41) is 17.9. The average molecular weight is 183 g/mol. The predicted octanol–water partition coefficient (Wildman–Crippen LogP) is 0.681. The zero-order valence-corrected chi connectivity index (χ0v) is 6.94. The van der Waals surface area contributed by atoms with Crippen LogP contribution < -0.4 is 10.5 Å². The lowest BCUT2D eigenvalue weighted by atomic mass is 10.1. The molecular formula is C8H9NO4. The van der Waals surface area contributed by atoms with E-state index in [2.05, 4.69) is 0 Å². The fourth-order valence-electron chi connectivity index (χ4n) is 0.940. The first kappa shape index (κ1) is 9.18. The molecule has 1 aromatic rings. The van der Waals surface area contributed by atoms with Gasteiger partial charge in [0.15, 0.2) is 5.75 Å². The standard InChI is InChI=1S/C8H9NO4/c1-13-5-3-2-4(8(11)12)7(10)6(5)9/h2-3,10H,9H2,1H3,(H,11,12). The summed E-state index contributed by atoms with van der Waals surface area (Å²) < 4.78 is 4.78. The van der Waals surface area contributed by atoms with Crippen LogP contribution >= 0.6 is 0 Å². The number of carbonyl (C=O) groups is 1. The molecule has 5 nitrogen and oxygen atoms in total. The monoisotopic (exact) mass is 183 g/mol. The van der Waals surface area contributed by atoms with Crippen molar-refractivity contribution >= 4 is 11.7 Å². The molecule has 0 spiro atoms. The van der Waals surface area contributed by atoms with Crippen LogP contribution in [0, 0.1) is 0 Å². The van der Waals surface area contributed by atoms with E-state index in [4.69, 9.17) is 15.6 Å². The minimum Gasteiger partial charge on any atom is -0.505 e. The number of hydrogen-bond donors (Lipinski definition) is 3. The van der Waals surface area contributed by atoms with E-state index < -0.39 is 11.7 Å². The maximum Gasteiger partial charge on any atom is 0.339 e. The van der Waals surface area contributed by atoms with Crippen molar-refractivity contribution in [3.05, 3.63) is 17.7 Å². The van der Waals surface area contributed by atoms with Crippen LogP contribution in [0.2, 0.25) is 0 Å². The van der Waals surface area contributed by atoms with Gasteiger partial charge < -0.3 is 20.7 Å². The third kappa shape index (κ3) is 1.48. The number of aromatic hydroxyl groups is 1. The first-order valence-electron chi connectivity index (χ1n) is 3.46. The molecule has 0 aliphatic heterocycles. The summed E-state index contributed by atoms with van der Waals surface area (Å²) in [5.41, 5.74) is 5.09. The van der Waals surface area contributed by atoms with Gasteiger partial charge in [0.25, 0.3) is 0 Å². The molecule has 0 amide bonds. The maximum absolute atomic E-state index is 10.5. The van der Waals surface area contributed by atoms with Crippen LogP contribution in [0.15, 0.2) is 12.1 Å². The smallest absolute Gasteiger partial charge is 0.339 e. The minimum atomic E-state index is -1.23. The molecule has 0 bridgehead atoms. The summed E-state index contributed by atoms with van der Waals surface area (Å²) in [4.78, 5) is 10.5. The maximum atomic E-state index is 10.5. The Morgan fingerprint density at radius 2 is 2.15 bits per heavy atom. The van der Waals surface area contributed by atoms with Gasteiger partial charge in [0, 0.05) is 0 Å². The van der Waals surface area contributed by atoms with Gasteiger partial charge in [-0.15, -0.1) is 0 Å². The number of anilines is 1. The van der Waals surface area contributed by atoms with E-state index in [1.165, 1.54) is 19.2 Å². The molecule has 0 saturated heterocycles. The van der Waals surface area contributed by atoms with Crippen molar-refractivity contribution in [1.82, 2.24) is 0 Å². The summed E-state index contributed by atoms with van der Waals surface area (Å²) in [7, 11) is 1.38. The number of nitrogens with two attached hydrogens (primary N) is 1. The number of rotatable bonds is 2. The van der Waals surface area contributed by atoms with Crippen LogP contribution in [0.1, 0.15) is 10.4 Å². The lowest BCUT2D eigenvalue weighted by Crippen LogP contribution is -2.00. The lowest BCUT2D eigenvalue weighted by molar-refractivity contribution is 0.0694. The molecule has 0 radical (unpaired) electrons. The Kier molecular flexibility index (Phi) is 2.27. The fraction of sp³-hybridized carbons (Fsp3) is 0.125. The molecule has 0 aromatic heterocycles. The topological polar surface area (TPSA) is 92.8 Å². The van der Waals surface area contributed by atoms with Crippen molar-refractivity contribution in [2.45, 2.75) is 0 Å². The number of ether oxygens (including phenoxy) is 1. The molecule has 1 rings (SSSR count). The second-order valence-electron chi connectivity index (χ2n) is 2.38. The fourth-order valence-corrected chi connectivity index (χ4v) is 0.940. The normalized spacial score (nSPS) is 9.62. The quantitative estimate of drug-likeness (QED) is 0.463. The molecule has 0 aliphatic carbocycles. The van der Waals surface area contributed by atoms with Crippen molar-refractivity contribution in [2.24, 2.45) is 0 Å². The van der Waals surface area contributed by atoms with Crippen LogP contribution in [0.3, 0.4) is 0 Å². The Labute approximate surface area is 74.4 Å². The second kappa shape index (κ2) is 3.22. The molecule has 0 saturated carbocycles. The van der Waals surface area contributed by atoms with Crippen molar-refractivity contribution in [2.75, 3.05) is 12.8 Å². The Bertz CT molecular complexity index is 348. The molecule has 4 N–H and O–H groups in total. The van der Waals surface area contributed by atoms with E-state index in [-0.39, 0.29) is 17.0 Å². The Morgan fingerprint density at radius 3 is 2.62 bits per heavy atom. The van der Waals surface area contributed by atoms with Gasteiger partial charge in [0.05, 0.1) is 7.11 Å². The van der Waals surface area contributed by atoms with Crippen LogP contribution in [0.4, 0.5) is 5.69 Å². The number of aromatic carboxylic acids is 1. The molecule has 0 heterocycles. The zero-order valence-electron chi connectivity index (χ0n) is 6.94. The molecular weight excluding hydrogens is 174 g/mol. The molecule has 0 aliphatic rings. The van der Waals surface area contributed by atoms with E-state index in [9.17, 15) is 9.90 Å². The number of carboxylic acid groups (broad SMARTS) is 1. The summed E-state index contributed by atoms with van der Waals surface area (Å²) in [6.07, 6.45) is 0. The van der Waals surface area contributed by atoms with Crippen LogP contribution in [-0.4, -0.2) is 23.3 Å². The third-order valence-corrected chi connectivity index (χ3v) is 1.63. The first-order valence-corrected chi connectivity index (χ1v) is 3.46. The Balaban J connectivity index is 3.31. The van der Waals surface area contributed by atoms with Crippen LogP contribution in [0.25, 0.3) is 0 Å². The predicted molar refractivity (Wildman–Crippen MR) is 46.0 cm³/mol. The van der Waals surface area contributed by atoms with Gasteiger partial charge in [0.2, 0.25) is 0 Å². The molecule has 0 atom stereocenters. The largest absolute Gasteiger partial charge is 0.505 e. The van der Waals surface area contributed by atoms with Gasteiger partial charge in [-0.25, -0.2) is 4.79 Å². The summed E-state index contributed by atoms with van der Waals surface area (Å²) >= 11 is 0. The Morgan fingerprint density at radius 1 is 1.54 bits per heavy atom. The average Bonchev–Trinajstić information content (AvgIpc) is 2.09. The highest BCUT2D eigenvalue weighted by molar-refractivity contribution is 5.93. The highest BCUT2D eigenvalue weighted by Gasteiger charge is 2.14. The number of methoxy groups -OCH3 is 1. The van der Waals surface area contributed by atoms with Gasteiger partial charge in [-0.1, -0.05) is 0 Å². The number of carboxylic acids is 1. The molecule has 5 heteroatoms. The van der Waals surface area contributed by atoms with Gasteiger partial charge in [-0.3, -0.25) is 0 Å². The van der Waals surface area contributed by atoms with Gasteiger partial charge in [0.1, 0.15) is 17.0 Å². The van der Waals surface area contributed by atoms with E-state index in [0.717, 1.165) is 0 Å². The van der Waals surface area contributed by atoms with Crippen molar-refractivity contribution in [1.29, 1.82) is 0 Å². The first-order chi connectivity index (χ1) is 6.07. The van der Waals surface area contributed by atoms with E-state index in [1.54, 1.807) is 0 Å². The van der Waals surface area contributed by atoms with Crippen LogP contribution in [0.5, 0.6) is 11.5 Å². The summed E-state index contributed by atoms with van der Waals surface area (Å²) in [6, 6.07) is 2.62. The molecule has 1 aromatic carbocycles. The van der Waals surface area contributed by atoms with E-state index in [1.807, 2.05) is 0 Å². The minimum absolute atomic E-state index is 0.0672. The lowest BCUT2D eigenvalue weighted by Gasteiger charge is -2.07. The second-order valence-corrected chi connectivity index (χ2v) is 2.38. The number of hydrogen-bond acceptors (Lipinski definition) is 4. The molecule has 0 fully saturated rings. The van der Waals surface area contributed by atoms with Crippen LogP contribution in [-0.2, 0) is 0 Å². The molecule has 70 valence electrons. The Hall–Kier alpha value is -1.91. The number of phenols is 1. The SMILES string of the molecule is COc1ccc(C(=O)O)c(O)c1N. The summed E-state index contributed by atoms with van der Waals surface area (Å²) in [6.45, 7) is 0. The van der Waals surface area contributed by atoms with Crippen molar-refractivity contribution < 1.29 is 19.7 Å². The van der Waals surface area contributed by atoms with Crippen molar-refractivity contribution in [3.63, 3.8) is 0 Å². The van der Waals surface area contributed by atoms with E-state index >= 15 is 0 Å². The number of nitrogen functional groups attached to an aromatic ring is 1. The molecule has 13 heavy (non-hydrogen) atoms.